The van der Waals surface area contributed by atoms with E-state index in [4.69, 9.17) is 0 Å². The molecule has 80 valence electrons. The maximum absolute atomic E-state index is 12.1. The van der Waals surface area contributed by atoms with Gasteiger partial charge in [0.2, 0.25) is 0 Å². The summed E-state index contributed by atoms with van der Waals surface area (Å²) in [6, 6.07) is 2.64. The van der Waals surface area contributed by atoms with Gasteiger partial charge in [0, 0.05) is 0 Å². The van der Waals surface area contributed by atoms with Crippen LogP contribution in [0, 0.1) is 0 Å². The number of alkyl halides is 6. The first-order chi connectivity index (χ1) is 6.23. The molecule has 0 aromatic heterocycles. The van der Waals surface area contributed by atoms with Crippen molar-refractivity contribution in [2.75, 3.05) is 0 Å². The Hall–Kier alpha value is -0.200. The molecule has 15 heavy (non-hydrogen) atoms. The minimum Gasteiger partial charge on any atom is -1.00 e. The van der Waals surface area contributed by atoms with Crippen molar-refractivity contribution >= 4 is 0 Å². The van der Waals surface area contributed by atoms with Crippen molar-refractivity contribution in [3.05, 3.63) is 35.4 Å². The number of benzene rings is 1. The van der Waals surface area contributed by atoms with E-state index < -0.39 is 23.5 Å². The summed E-state index contributed by atoms with van der Waals surface area (Å²) in [5, 5.41) is 0. The van der Waals surface area contributed by atoms with Crippen LogP contribution in [0.3, 0.4) is 0 Å². The molecule has 0 fully saturated rings. The Bertz CT molecular complexity index is 299. The van der Waals surface area contributed by atoms with E-state index in [0.29, 0.717) is 12.1 Å². The van der Waals surface area contributed by atoms with Crippen molar-refractivity contribution in [1.29, 1.82) is 0 Å². The zero-order valence-corrected chi connectivity index (χ0v) is 9.58. The topological polar surface area (TPSA) is 0 Å². The molecule has 0 unspecified atom stereocenters. The predicted octanol–water partition coefficient (Wildman–Crippen LogP) is 0.841. The first-order valence-corrected chi connectivity index (χ1v) is 3.46. The Morgan fingerprint density at radius 3 is 1.20 bits per heavy atom. The van der Waals surface area contributed by atoms with Crippen molar-refractivity contribution in [3.8, 4) is 0 Å². The molecule has 0 N–H and O–H groups in total. The molecule has 0 spiro atoms. The van der Waals surface area contributed by atoms with Crippen LogP contribution in [-0.2, 0) is 12.4 Å². The summed E-state index contributed by atoms with van der Waals surface area (Å²) < 4.78 is 72.5. The Morgan fingerprint density at radius 2 is 1.00 bits per heavy atom. The van der Waals surface area contributed by atoms with Gasteiger partial charge in [0.25, 0.3) is 0 Å². The summed E-state index contributed by atoms with van der Waals surface area (Å²) >= 11 is 0. The zero-order valence-electron chi connectivity index (χ0n) is 8.58. The van der Waals surface area contributed by atoms with E-state index in [2.05, 4.69) is 0 Å². The van der Waals surface area contributed by atoms with Gasteiger partial charge < -0.3 is 1.43 Å². The number of halogens is 6. The quantitative estimate of drug-likeness (QED) is 0.464. The molecule has 0 bridgehead atoms. The molecule has 0 nitrogen and oxygen atoms in total. The molecular formula is C8H5F6Na. The molecule has 1 aromatic carbocycles. The van der Waals surface area contributed by atoms with E-state index in [1.54, 1.807) is 0 Å². The van der Waals surface area contributed by atoms with Gasteiger partial charge >= 0.3 is 41.9 Å². The van der Waals surface area contributed by atoms with Gasteiger partial charge in [-0.3, -0.25) is 0 Å². The van der Waals surface area contributed by atoms with E-state index in [9.17, 15) is 26.3 Å². The Kier molecular flexibility index (Phi) is 4.69. The second kappa shape index (κ2) is 4.76. The normalized spacial score (nSPS) is 12.1. The molecule has 0 amide bonds. The van der Waals surface area contributed by atoms with E-state index in [1.807, 2.05) is 0 Å². The van der Waals surface area contributed by atoms with Crippen LogP contribution in [0.25, 0.3) is 0 Å². The van der Waals surface area contributed by atoms with Gasteiger partial charge in [-0.05, 0) is 12.1 Å². The van der Waals surface area contributed by atoms with Crippen molar-refractivity contribution < 1.29 is 57.3 Å². The molecule has 0 heterocycles. The number of rotatable bonds is 0. The van der Waals surface area contributed by atoms with Crippen LogP contribution in [0.2, 0.25) is 0 Å². The van der Waals surface area contributed by atoms with Gasteiger partial charge in [0.15, 0.2) is 0 Å². The third-order valence-electron chi connectivity index (χ3n) is 1.54. The van der Waals surface area contributed by atoms with Crippen LogP contribution in [0.15, 0.2) is 24.3 Å². The van der Waals surface area contributed by atoms with Crippen LogP contribution in [0.1, 0.15) is 12.6 Å². The average Bonchev–Trinajstić information content (AvgIpc) is 2.01. The third kappa shape index (κ3) is 3.70. The largest absolute Gasteiger partial charge is 1.00 e. The molecule has 1 aromatic rings. The Balaban J connectivity index is 0. The second-order valence-electron chi connectivity index (χ2n) is 2.54. The third-order valence-corrected chi connectivity index (χ3v) is 1.54. The first kappa shape index (κ1) is 14.8. The molecule has 0 saturated heterocycles. The van der Waals surface area contributed by atoms with Crippen LogP contribution in [0.5, 0.6) is 0 Å². The maximum atomic E-state index is 12.1. The minimum absolute atomic E-state index is 0. The van der Waals surface area contributed by atoms with Crippen molar-refractivity contribution in [2.45, 2.75) is 12.4 Å². The summed E-state index contributed by atoms with van der Waals surface area (Å²) in [5.74, 6) is 0. The van der Waals surface area contributed by atoms with Gasteiger partial charge in [-0.15, -0.1) is 0 Å². The summed E-state index contributed by atoms with van der Waals surface area (Å²) in [5.41, 5.74) is -3.32. The van der Waals surface area contributed by atoms with E-state index in [1.165, 1.54) is 0 Å². The Morgan fingerprint density at radius 1 is 0.733 bits per heavy atom. The number of hydrogen-bond acceptors (Lipinski definition) is 0. The smallest absolute Gasteiger partial charge is 1.00 e. The predicted molar refractivity (Wildman–Crippen MR) is 37.6 cm³/mol. The fourth-order valence-electron chi connectivity index (χ4n) is 0.978. The molecule has 0 radical (unpaired) electrons. The van der Waals surface area contributed by atoms with Gasteiger partial charge in [0.1, 0.15) is 0 Å². The molecule has 7 heteroatoms. The van der Waals surface area contributed by atoms with Gasteiger partial charge in [-0.1, -0.05) is 12.1 Å². The summed E-state index contributed by atoms with van der Waals surface area (Å²) in [4.78, 5) is 0. The molecule has 0 aliphatic rings. The van der Waals surface area contributed by atoms with Crippen LogP contribution in [-0.4, -0.2) is 0 Å². The Labute approximate surface area is 105 Å². The molecule has 1 rings (SSSR count). The van der Waals surface area contributed by atoms with E-state index in [-0.39, 0.29) is 31.0 Å². The molecule has 0 aliphatic heterocycles. The van der Waals surface area contributed by atoms with Crippen molar-refractivity contribution in [2.24, 2.45) is 0 Å². The van der Waals surface area contributed by atoms with Crippen LogP contribution >= 0.6 is 0 Å². The standard InChI is InChI=1S/C8H4F6.Na.H/c9-7(10,11)5-3-1-2-4-6(5)8(12,13)14;;/h1-4H;;/q;+1;-1. The molecule has 0 atom stereocenters. The number of hydrogen-bond donors (Lipinski definition) is 0. The average molecular weight is 238 g/mol. The van der Waals surface area contributed by atoms with Crippen LogP contribution < -0.4 is 29.6 Å². The SMILES string of the molecule is FC(F)(F)c1ccccc1C(F)(F)F.[H-].[Na+]. The van der Waals surface area contributed by atoms with Crippen molar-refractivity contribution in [1.82, 2.24) is 0 Å². The van der Waals surface area contributed by atoms with Gasteiger partial charge in [-0.25, -0.2) is 0 Å². The monoisotopic (exact) mass is 238 g/mol. The summed E-state index contributed by atoms with van der Waals surface area (Å²) in [6.45, 7) is 0. The second-order valence-corrected chi connectivity index (χ2v) is 2.54. The summed E-state index contributed by atoms with van der Waals surface area (Å²) in [6.07, 6.45) is -9.96. The fraction of sp³-hybridized carbons (Fsp3) is 0.250. The van der Waals surface area contributed by atoms with Crippen LogP contribution in [0.4, 0.5) is 26.3 Å². The fourth-order valence-corrected chi connectivity index (χ4v) is 0.978. The van der Waals surface area contributed by atoms with Gasteiger partial charge in [-0.2, -0.15) is 26.3 Å². The molecular weight excluding hydrogens is 233 g/mol. The molecule has 0 saturated carbocycles. The van der Waals surface area contributed by atoms with Gasteiger partial charge in [0.05, 0.1) is 11.1 Å². The van der Waals surface area contributed by atoms with Crippen molar-refractivity contribution in [3.63, 3.8) is 0 Å². The first-order valence-electron chi connectivity index (χ1n) is 3.46. The van der Waals surface area contributed by atoms with E-state index in [0.717, 1.165) is 12.1 Å². The molecule has 0 aliphatic carbocycles. The maximum Gasteiger partial charge on any atom is 1.00 e. The summed E-state index contributed by atoms with van der Waals surface area (Å²) in [7, 11) is 0. The van der Waals surface area contributed by atoms with E-state index >= 15 is 0 Å². The zero-order chi connectivity index (χ0) is 11.0. The minimum atomic E-state index is -4.98.